The van der Waals surface area contributed by atoms with Crippen LogP contribution in [0, 0.1) is 0 Å². The highest BCUT2D eigenvalue weighted by Crippen LogP contribution is 2.20. The lowest BCUT2D eigenvalue weighted by molar-refractivity contribution is 0.450. The number of hydrazone groups is 1. The van der Waals surface area contributed by atoms with Crippen molar-refractivity contribution < 1.29 is 10.2 Å². The summed E-state index contributed by atoms with van der Waals surface area (Å²) in [5.41, 5.74) is 3.07. The highest BCUT2D eigenvalue weighted by atomic mass is 35.5. The summed E-state index contributed by atoms with van der Waals surface area (Å²) >= 11 is 0. The monoisotopic (exact) mass is 334 g/mol. The fraction of sp³-hybridized carbons (Fsp3) is 0.182. The second kappa shape index (κ2) is 8.18. The van der Waals surface area contributed by atoms with Crippen LogP contribution in [-0.2, 0) is 6.42 Å². The number of nitrogen functional groups attached to an aromatic ring is 1. The molecular formula is C11H16Cl2N6O2. The Hall–Kier alpha value is -2.19. The molecule has 2 aromatic rings. The van der Waals surface area contributed by atoms with Crippen molar-refractivity contribution in [2.45, 2.75) is 13.3 Å². The number of aromatic hydroxyl groups is 2. The molecule has 0 bridgehead atoms. The summed E-state index contributed by atoms with van der Waals surface area (Å²) in [6, 6.07) is 4.20. The molecule has 0 aliphatic rings. The molecular weight excluding hydrogens is 319 g/mol. The predicted octanol–water partition coefficient (Wildman–Crippen LogP) is 1.26. The van der Waals surface area contributed by atoms with Crippen molar-refractivity contribution in [1.82, 2.24) is 14.9 Å². The molecule has 0 aliphatic heterocycles. The van der Waals surface area contributed by atoms with Crippen LogP contribution < -0.4 is 11.3 Å². The molecule has 0 radical (unpaired) electrons. The van der Waals surface area contributed by atoms with E-state index in [9.17, 15) is 5.11 Å². The minimum atomic E-state index is -0.0750. The Balaban J connectivity index is 0.00000200. The molecule has 1 aromatic carbocycles. The van der Waals surface area contributed by atoms with Crippen molar-refractivity contribution in [2.75, 3.05) is 11.3 Å². The Labute approximate surface area is 133 Å². The normalized spacial score (nSPS) is 9.95. The third-order valence-corrected chi connectivity index (χ3v) is 2.46. The van der Waals surface area contributed by atoms with E-state index in [1.165, 1.54) is 29.1 Å². The van der Waals surface area contributed by atoms with Gasteiger partial charge in [-0.05, 0) is 12.1 Å². The SMILES string of the molecule is CCc1nnc(N/N=C/c2ccc(O)cc2O)n1N.Cl.Cl. The van der Waals surface area contributed by atoms with Gasteiger partial charge in [0.1, 0.15) is 11.5 Å². The first-order valence-corrected chi connectivity index (χ1v) is 5.62. The van der Waals surface area contributed by atoms with Crippen molar-refractivity contribution in [3.05, 3.63) is 29.6 Å². The Morgan fingerprint density at radius 1 is 1.33 bits per heavy atom. The number of benzene rings is 1. The van der Waals surface area contributed by atoms with Gasteiger partial charge in [0, 0.05) is 18.1 Å². The van der Waals surface area contributed by atoms with E-state index in [4.69, 9.17) is 10.9 Å². The number of nitrogens with zero attached hydrogens (tertiary/aromatic N) is 4. The van der Waals surface area contributed by atoms with Crippen LogP contribution in [0.5, 0.6) is 11.5 Å². The van der Waals surface area contributed by atoms with Gasteiger partial charge in [0.15, 0.2) is 5.82 Å². The molecule has 0 fully saturated rings. The van der Waals surface area contributed by atoms with Crippen LogP contribution in [0.2, 0.25) is 0 Å². The molecule has 8 nitrogen and oxygen atoms in total. The highest BCUT2D eigenvalue weighted by molar-refractivity contribution is 5.85. The van der Waals surface area contributed by atoms with Gasteiger partial charge in [0.05, 0.1) is 6.21 Å². The molecule has 1 heterocycles. The average molecular weight is 335 g/mol. The summed E-state index contributed by atoms with van der Waals surface area (Å²) in [6.07, 6.45) is 2.04. The summed E-state index contributed by atoms with van der Waals surface area (Å²) < 4.78 is 1.30. The van der Waals surface area contributed by atoms with Crippen LogP contribution in [-0.4, -0.2) is 31.3 Å². The summed E-state index contributed by atoms with van der Waals surface area (Å²) in [5, 5.41) is 30.3. The predicted molar refractivity (Wildman–Crippen MR) is 85.0 cm³/mol. The third kappa shape index (κ3) is 4.40. The summed E-state index contributed by atoms with van der Waals surface area (Å²) in [4.78, 5) is 0. The highest BCUT2D eigenvalue weighted by Gasteiger charge is 2.06. The van der Waals surface area contributed by atoms with E-state index >= 15 is 0 Å². The van der Waals surface area contributed by atoms with Gasteiger partial charge in [-0.2, -0.15) is 5.10 Å². The van der Waals surface area contributed by atoms with Crippen molar-refractivity contribution in [2.24, 2.45) is 5.10 Å². The number of hydrogen-bond acceptors (Lipinski definition) is 7. The number of halogens is 2. The Kier molecular flexibility index (Phi) is 7.32. The van der Waals surface area contributed by atoms with Gasteiger partial charge in [-0.1, -0.05) is 6.92 Å². The molecule has 5 N–H and O–H groups in total. The Morgan fingerprint density at radius 3 is 2.62 bits per heavy atom. The van der Waals surface area contributed by atoms with E-state index in [0.717, 1.165) is 0 Å². The zero-order chi connectivity index (χ0) is 13.8. The lowest BCUT2D eigenvalue weighted by atomic mass is 10.2. The van der Waals surface area contributed by atoms with Crippen LogP contribution in [0.25, 0.3) is 0 Å². The molecule has 0 saturated heterocycles. The minimum absolute atomic E-state index is 0. The Bertz CT molecular complexity index is 617. The van der Waals surface area contributed by atoms with Gasteiger partial charge in [0.2, 0.25) is 0 Å². The maximum Gasteiger partial charge on any atom is 0.263 e. The van der Waals surface area contributed by atoms with Crippen LogP contribution in [0.4, 0.5) is 5.95 Å². The number of nitrogens with two attached hydrogens (primary N) is 1. The number of nitrogens with one attached hydrogen (secondary N) is 1. The number of phenolic OH excluding ortho intramolecular Hbond substituents is 2. The van der Waals surface area contributed by atoms with Crippen LogP contribution in [0.1, 0.15) is 18.3 Å². The quantitative estimate of drug-likeness (QED) is 0.379. The second-order valence-electron chi connectivity index (χ2n) is 3.78. The molecule has 116 valence electrons. The number of aryl methyl sites for hydroxylation is 1. The molecule has 10 heteroatoms. The van der Waals surface area contributed by atoms with Gasteiger partial charge in [0.25, 0.3) is 5.95 Å². The lowest BCUT2D eigenvalue weighted by Crippen LogP contribution is -2.14. The number of anilines is 1. The molecule has 1 aromatic heterocycles. The Morgan fingerprint density at radius 2 is 2.05 bits per heavy atom. The first-order valence-electron chi connectivity index (χ1n) is 5.62. The van der Waals surface area contributed by atoms with Gasteiger partial charge >= 0.3 is 0 Å². The van der Waals surface area contributed by atoms with E-state index in [0.29, 0.717) is 23.8 Å². The molecule has 0 saturated carbocycles. The second-order valence-corrected chi connectivity index (χ2v) is 3.78. The van der Waals surface area contributed by atoms with Crippen molar-refractivity contribution in [3.63, 3.8) is 0 Å². The summed E-state index contributed by atoms with van der Waals surface area (Å²) in [7, 11) is 0. The maximum absolute atomic E-state index is 9.55. The van der Waals surface area contributed by atoms with Crippen LogP contribution >= 0.6 is 24.8 Å². The summed E-state index contributed by atoms with van der Waals surface area (Å²) in [5.74, 6) is 6.55. The molecule has 0 unspecified atom stereocenters. The molecule has 0 atom stereocenters. The number of rotatable bonds is 4. The fourth-order valence-corrected chi connectivity index (χ4v) is 1.44. The van der Waals surface area contributed by atoms with Gasteiger partial charge in [-0.25, -0.2) is 10.1 Å². The zero-order valence-electron chi connectivity index (χ0n) is 11.1. The largest absolute Gasteiger partial charge is 0.508 e. The number of aromatic nitrogens is 3. The zero-order valence-corrected chi connectivity index (χ0v) is 12.7. The van der Waals surface area contributed by atoms with E-state index in [1.54, 1.807) is 0 Å². The number of hydrogen-bond donors (Lipinski definition) is 4. The fourth-order valence-electron chi connectivity index (χ4n) is 1.44. The molecule has 0 aliphatic carbocycles. The van der Waals surface area contributed by atoms with Crippen LogP contribution in [0.3, 0.4) is 0 Å². The van der Waals surface area contributed by atoms with Crippen molar-refractivity contribution >= 4 is 37.0 Å². The molecule has 0 spiro atoms. The van der Waals surface area contributed by atoms with Crippen molar-refractivity contribution in [1.29, 1.82) is 0 Å². The average Bonchev–Trinajstić information content (AvgIpc) is 2.73. The van der Waals surface area contributed by atoms with Gasteiger partial charge < -0.3 is 16.1 Å². The van der Waals surface area contributed by atoms with Crippen molar-refractivity contribution in [3.8, 4) is 11.5 Å². The van der Waals surface area contributed by atoms with Gasteiger partial charge in [-0.15, -0.1) is 35.0 Å². The number of phenols is 2. The van der Waals surface area contributed by atoms with E-state index < -0.39 is 0 Å². The smallest absolute Gasteiger partial charge is 0.263 e. The lowest BCUT2D eigenvalue weighted by Gasteiger charge is -2.01. The first kappa shape index (κ1) is 18.8. The van der Waals surface area contributed by atoms with E-state index in [-0.39, 0.29) is 36.3 Å². The van der Waals surface area contributed by atoms with E-state index in [1.807, 2.05) is 6.92 Å². The topological polar surface area (TPSA) is 122 Å². The standard InChI is InChI=1S/C11H14N6O2.2ClH/c1-2-10-14-16-11(17(10)12)15-13-6-7-3-4-8(18)5-9(7)19;;/h3-6,18-19H,2,12H2,1H3,(H,15,16);2*1H/b13-6+;;. The first-order chi connectivity index (χ1) is 9.11. The molecule has 21 heavy (non-hydrogen) atoms. The van der Waals surface area contributed by atoms with Crippen LogP contribution in [0.15, 0.2) is 23.3 Å². The van der Waals surface area contributed by atoms with Gasteiger partial charge in [-0.3, -0.25) is 0 Å². The minimum Gasteiger partial charge on any atom is -0.508 e. The third-order valence-electron chi connectivity index (χ3n) is 2.46. The molecule has 0 amide bonds. The van der Waals surface area contributed by atoms with E-state index in [2.05, 4.69) is 20.7 Å². The summed E-state index contributed by atoms with van der Waals surface area (Å²) in [6.45, 7) is 1.91. The molecule has 2 rings (SSSR count). The maximum atomic E-state index is 9.55.